The van der Waals surface area contributed by atoms with Crippen LogP contribution in [0.5, 0.6) is 0 Å². The van der Waals surface area contributed by atoms with E-state index in [2.05, 4.69) is 6.92 Å². The summed E-state index contributed by atoms with van der Waals surface area (Å²) in [6.45, 7) is 5.10. The van der Waals surface area contributed by atoms with Crippen molar-refractivity contribution in [3.63, 3.8) is 0 Å². The molecule has 0 aromatic heterocycles. The Labute approximate surface area is 84.1 Å². The van der Waals surface area contributed by atoms with Gasteiger partial charge in [0.15, 0.2) is 12.6 Å². The molecule has 82 valence electrons. The van der Waals surface area contributed by atoms with Gasteiger partial charge in [-0.1, -0.05) is 6.92 Å². The predicted molar refractivity (Wildman–Crippen MR) is 49.5 cm³/mol. The molecule has 14 heavy (non-hydrogen) atoms. The summed E-state index contributed by atoms with van der Waals surface area (Å²) in [4.78, 5) is 0. The van der Waals surface area contributed by atoms with Gasteiger partial charge in [0, 0.05) is 18.9 Å². The highest BCUT2D eigenvalue weighted by atomic mass is 16.8. The standard InChI is InChI=1S/C10H18O4/c1-3-12-8-4-6(2)9-7(11)5-13-10(9)14-8/h6-11H,3-5H2,1-2H3. The van der Waals surface area contributed by atoms with Gasteiger partial charge in [-0.3, -0.25) is 0 Å². The lowest BCUT2D eigenvalue weighted by atomic mass is 9.85. The maximum atomic E-state index is 9.67. The van der Waals surface area contributed by atoms with Gasteiger partial charge in [-0.15, -0.1) is 0 Å². The minimum atomic E-state index is -0.377. The summed E-state index contributed by atoms with van der Waals surface area (Å²) >= 11 is 0. The van der Waals surface area contributed by atoms with Crippen molar-refractivity contribution in [1.29, 1.82) is 0 Å². The van der Waals surface area contributed by atoms with E-state index in [4.69, 9.17) is 14.2 Å². The average Bonchev–Trinajstić information content (AvgIpc) is 2.48. The Morgan fingerprint density at radius 3 is 3.00 bits per heavy atom. The van der Waals surface area contributed by atoms with E-state index in [9.17, 15) is 5.11 Å². The summed E-state index contributed by atoms with van der Waals surface area (Å²) in [6.07, 6.45) is 0.0273. The van der Waals surface area contributed by atoms with Crippen LogP contribution in [0.3, 0.4) is 0 Å². The van der Waals surface area contributed by atoms with Gasteiger partial charge in [0.25, 0.3) is 0 Å². The number of rotatable bonds is 2. The lowest BCUT2D eigenvalue weighted by molar-refractivity contribution is -0.275. The molecular formula is C10H18O4. The number of hydrogen-bond acceptors (Lipinski definition) is 4. The minimum Gasteiger partial charge on any atom is -0.390 e. The molecule has 2 heterocycles. The molecule has 0 saturated carbocycles. The molecular weight excluding hydrogens is 184 g/mol. The molecule has 0 amide bonds. The Bertz CT molecular complexity index is 197. The summed E-state index contributed by atoms with van der Waals surface area (Å²) in [5.41, 5.74) is 0. The van der Waals surface area contributed by atoms with Gasteiger partial charge in [-0.05, 0) is 12.8 Å². The van der Waals surface area contributed by atoms with E-state index in [1.165, 1.54) is 0 Å². The molecule has 4 nitrogen and oxygen atoms in total. The van der Waals surface area contributed by atoms with E-state index in [1.807, 2.05) is 6.92 Å². The molecule has 2 fully saturated rings. The first-order valence-electron chi connectivity index (χ1n) is 5.29. The zero-order valence-electron chi connectivity index (χ0n) is 8.68. The number of hydrogen-bond donors (Lipinski definition) is 1. The molecule has 0 radical (unpaired) electrons. The molecule has 0 aliphatic carbocycles. The second kappa shape index (κ2) is 4.14. The van der Waals surface area contributed by atoms with Crippen molar-refractivity contribution >= 4 is 0 Å². The summed E-state index contributed by atoms with van der Waals surface area (Å²) < 4.78 is 16.4. The van der Waals surface area contributed by atoms with Crippen molar-refractivity contribution in [3.8, 4) is 0 Å². The Kier molecular flexibility index (Phi) is 3.07. The highest BCUT2D eigenvalue weighted by Crippen LogP contribution is 2.37. The molecule has 5 unspecified atom stereocenters. The first-order valence-corrected chi connectivity index (χ1v) is 5.29. The third-order valence-electron chi connectivity index (χ3n) is 3.05. The summed E-state index contributed by atoms with van der Waals surface area (Å²) in [5.74, 6) is 0.509. The first-order chi connectivity index (χ1) is 6.72. The van der Waals surface area contributed by atoms with Gasteiger partial charge in [-0.2, -0.15) is 0 Å². The van der Waals surface area contributed by atoms with Crippen LogP contribution in [0.2, 0.25) is 0 Å². The Morgan fingerprint density at radius 2 is 2.29 bits per heavy atom. The van der Waals surface area contributed by atoms with Crippen molar-refractivity contribution in [3.05, 3.63) is 0 Å². The predicted octanol–water partition coefficient (Wildman–Crippen LogP) is 0.739. The molecule has 2 saturated heterocycles. The number of ether oxygens (including phenoxy) is 3. The molecule has 1 N–H and O–H groups in total. The van der Waals surface area contributed by atoms with E-state index >= 15 is 0 Å². The van der Waals surface area contributed by atoms with Gasteiger partial charge in [0.05, 0.1) is 12.7 Å². The van der Waals surface area contributed by atoms with Crippen molar-refractivity contribution < 1.29 is 19.3 Å². The molecule has 0 spiro atoms. The van der Waals surface area contributed by atoms with Crippen LogP contribution in [0.25, 0.3) is 0 Å². The van der Waals surface area contributed by atoms with E-state index in [-0.39, 0.29) is 24.6 Å². The van der Waals surface area contributed by atoms with Gasteiger partial charge >= 0.3 is 0 Å². The van der Waals surface area contributed by atoms with Crippen LogP contribution in [-0.2, 0) is 14.2 Å². The molecule has 2 rings (SSSR count). The van der Waals surface area contributed by atoms with Gasteiger partial charge in [0.2, 0.25) is 0 Å². The molecule has 5 atom stereocenters. The van der Waals surface area contributed by atoms with Crippen molar-refractivity contribution in [2.45, 2.75) is 39.0 Å². The second-order valence-corrected chi connectivity index (χ2v) is 4.08. The van der Waals surface area contributed by atoms with Crippen molar-refractivity contribution in [2.75, 3.05) is 13.2 Å². The van der Waals surface area contributed by atoms with Crippen molar-refractivity contribution in [1.82, 2.24) is 0 Å². The highest BCUT2D eigenvalue weighted by molar-refractivity contribution is 4.86. The van der Waals surface area contributed by atoms with Crippen LogP contribution < -0.4 is 0 Å². The summed E-state index contributed by atoms with van der Waals surface area (Å²) in [7, 11) is 0. The zero-order chi connectivity index (χ0) is 10.1. The molecule has 0 bridgehead atoms. The fraction of sp³-hybridized carbons (Fsp3) is 1.00. The average molecular weight is 202 g/mol. The smallest absolute Gasteiger partial charge is 0.166 e. The highest BCUT2D eigenvalue weighted by Gasteiger charge is 2.45. The van der Waals surface area contributed by atoms with Crippen LogP contribution in [0.1, 0.15) is 20.3 Å². The fourth-order valence-corrected chi connectivity index (χ4v) is 2.33. The molecule has 0 aromatic rings. The number of aliphatic hydroxyl groups is 1. The summed E-state index contributed by atoms with van der Waals surface area (Å²) in [5, 5.41) is 9.67. The Balaban J connectivity index is 1.98. The van der Waals surface area contributed by atoms with E-state index in [0.717, 1.165) is 6.42 Å². The normalized spacial score (nSPS) is 47.8. The largest absolute Gasteiger partial charge is 0.390 e. The zero-order valence-corrected chi connectivity index (χ0v) is 8.68. The van der Waals surface area contributed by atoms with Crippen LogP contribution >= 0.6 is 0 Å². The monoisotopic (exact) mass is 202 g/mol. The van der Waals surface area contributed by atoms with Crippen LogP contribution in [-0.4, -0.2) is 37.0 Å². The van der Waals surface area contributed by atoms with Gasteiger partial charge in [-0.25, -0.2) is 0 Å². The van der Waals surface area contributed by atoms with Gasteiger partial charge in [0.1, 0.15) is 0 Å². The lowest BCUT2D eigenvalue weighted by Gasteiger charge is -2.36. The Morgan fingerprint density at radius 1 is 1.50 bits per heavy atom. The first kappa shape index (κ1) is 10.4. The molecule has 2 aliphatic rings. The maximum absolute atomic E-state index is 9.67. The molecule has 0 aromatic carbocycles. The second-order valence-electron chi connectivity index (χ2n) is 4.08. The third-order valence-corrected chi connectivity index (χ3v) is 3.05. The van der Waals surface area contributed by atoms with E-state index in [1.54, 1.807) is 0 Å². The Hall–Kier alpha value is -0.160. The van der Waals surface area contributed by atoms with Crippen molar-refractivity contribution in [2.24, 2.45) is 11.8 Å². The minimum absolute atomic E-state index is 0.117. The van der Waals surface area contributed by atoms with E-state index in [0.29, 0.717) is 19.1 Å². The van der Waals surface area contributed by atoms with E-state index < -0.39 is 0 Å². The van der Waals surface area contributed by atoms with Gasteiger partial charge < -0.3 is 19.3 Å². The number of aliphatic hydroxyl groups excluding tert-OH is 1. The van der Waals surface area contributed by atoms with Crippen LogP contribution in [0.15, 0.2) is 0 Å². The lowest BCUT2D eigenvalue weighted by Crippen LogP contribution is -2.42. The molecule has 4 heteroatoms. The quantitative estimate of drug-likeness (QED) is 0.717. The fourth-order valence-electron chi connectivity index (χ4n) is 2.33. The van der Waals surface area contributed by atoms with Crippen LogP contribution in [0, 0.1) is 11.8 Å². The topological polar surface area (TPSA) is 47.9 Å². The summed E-state index contributed by atoms with van der Waals surface area (Å²) in [6, 6.07) is 0. The SMILES string of the molecule is CCOC1CC(C)C2C(O)COC2O1. The maximum Gasteiger partial charge on any atom is 0.166 e. The van der Waals surface area contributed by atoms with Crippen LogP contribution in [0.4, 0.5) is 0 Å². The molecule has 2 aliphatic heterocycles. The third kappa shape index (κ3) is 1.80. The number of fused-ring (bicyclic) bond motifs is 1.